The molecule has 2 rings (SSSR count). The van der Waals surface area contributed by atoms with Gasteiger partial charge in [-0.1, -0.05) is 18.2 Å². The molecule has 1 amide bonds. The van der Waals surface area contributed by atoms with Gasteiger partial charge in [-0.2, -0.15) is 5.26 Å². The maximum absolute atomic E-state index is 11.7. The molecule has 1 heterocycles. The van der Waals surface area contributed by atoms with Gasteiger partial charge in [0.2, 0.25) is 5.91 Å². The van der Waals surface area contributed by atoms with Crippen LogP contribution in [0.5, 0.6) is 5.75 Å². The maximum Gasteiger partial charge on any atom is 0.252 e. The van der Waals surface area contributed by atoms with Crippen LogP contribution in [0.4, 0.5) is 0 Å². The Bertz CT molecular complexity index is 659. The van der Waals surface area contributed by atoms with Crippen molar-refractivity contribution in [2.24, 2.45) is 0 Å². The second kappa shape index (κ2) is 7.05. The SMILES string of the molecule is COc1ccccc1CCNC(=O)Cn1cnc(C#N)n1. The number of methoxy groups -OCH3 is 1. The summed E-state index contributed by atoms with van der Waals surface area (Å²) < 4.78 is 6.58. The number of nitriles is 1. The summed E-state index contributed by atoms with van der Waals surface area (Å²) in [5.74, 6) is 0.679. The van der Waals surface area contributed by atoms with E-state index in [9.17, 15) is 4.79 Å². The van der Waals surface area contributed by atoms with Crippen LogP contribution < -0.4 is 10.1 Å². The summed E-state index contributed by atoms with van der Waals surface area (Å²) in [7, 11) is 1.62. The van der Waals surface area contributed by atoms with Gasteiger partial charge in [-0.3, -0.25) is 4.79 Å². The van der Waals surface area contributed by atoms with Gasteiger partial charge in [0.25, 0.3) is 5.82 Å². The molecule has 1 N–H and O–H groups in total. The van der Waals surface area contributed by atoms with Crippen LogP contribution in [-0.2, 0) is 17.8 Å². The lowest BCUT2D eigenvalue weighted by atomic mass is 10.1. The van der Waals surface area contributed by atoms with E-state index in [1.165, 1.54) is 11.0 Å². The highest BCUT2D eigenvalue weighted by Crippen LogP contribution is 2.17. The van der Waals surface area contributed by atoms with Crippen molar-refractivity contribution in [2.75, 3.05) is 13.7 Å². The highest BCUT2D eigenvalue weighted by atomic mass is 16.5. The smallest absolute Gasteiger partial charge is 0.252 e. The number of hydrogen-bond acceptors (Lipinski definition) is 5. The second-order valence-electron chi connectivity index (χ2n) is 4.29. The molecule has 7 nitrogen and oxygen atoms in total. The van der Waals surface area contributed by atoms with Crippen LogP contribution in [0.3, 0.4) is 0 Å². The predicted molar refractivity (Wildman–Crippen MR) is 74.4 cm³/mol. The molecule has 0 aliphatic heterocycles. The molecule has 0 spiro atoms. The Morgan fingerprint density at radius 3 is 3.00 bits per heavy atom. The number of benzene rings is 1. The summed E-state index contributed by atoms with van der Waals surface area (Å²) in [6.45, 7) is 0.541. The Kier molecular flexibility index (Phi) is 4.88. The van der Waals surface area contributed by atoms with Crippen LogP contribution in [0.2, 0.25) is 0 Å². The van der Waals surface area contributed by atoms with Gasteiger partial charge < -0.3 is 10.1 Å². The van der Waals surface area contributed by atoms with Crippen LogP contribution in [0.15, 0.2) is 30.6 Å². The van der Waals surface area contributed by atoms with E-state index < -0.39 is 0 Å². The minimum atomic E-state index is -0.181. The molecule has 0 unspecified atom stereocenters. The molecule has 0 aliphatic rings. The predicted octanol–water partition coefficient (Wildman–Crippen LogP) is 0.517. The second-order valence-corrected chi connectivity index (χ2v) is 4.29. The third kappa shape index (κ3) is 4.04. The molecule has 21 heavy (non-hydrogen) atoms. The standard InChI is InChI=1S/C14H15N5O2/c1-21-12-5-3-2-4-11(12)6-7-16-14(20)9-19-10-17-13(8-15)18-19/h2-5,10H,6-7,9H2,1H3,(H,16,20). The molecule has 0 atom stereocenters. The van der Waals surface area contributed by atoms with Gasteiger partial charge in [-0.05, 0) is 18.1 Å². The number of nitrogens with zero attached hydrogens (tertiary/aromatic N) is 4. The van der Waals surface area contributed by atoms with Gasteiger partial charge in [0.1, 0.15) is 24.7 Å². The first-order valence-electron chi connectivity index (χ1n) is 6.41. The van der Waals surface area contributed by atoms with Crippen LogP contribution in [0.25, 0.3) is 0 Å². The molecular weight excluding hydrogens is 270 g/mol. The number of rotatable bonds is 6. The maximum atomic E-state index is 11.7. The topological polar surface area (TPSA) is 92.8 Å². The highest BCUT2D eigenvalue weighted by Gasteiger charge is 2.06. The minimum absolute atomic E-state index is 0.0423. The Balaban J connectivity index is 1.80. The average Bonchev–Trinajstić information content (AvgIpc) is 2.95. The van der Waals surface area contributed by atoms with Gasteiger partial charge in [-0.25, -0.2) is 9.67 Å². The van der Waals surface area contributed by atoms with Gasteiger partial charge in [0.05, 0.1) is 7.11 Å². The van der Waals surface area contributed by atoms with Crippen molar-refractivity contribution in [3.8, 4) is 11.8 Å². The third-order valence-electron chi connectivity index (χ3n) is 2.85. The lowest BCUT2D eigenvalue weighted by Crippen LogP contribution is -2.29. The summed E-state index contributed by atoms with van der Waals surface area (Å²) in [4.78, 5) is 15.5. The van der Waals surface area contributed by atoms with E-state index in [0.29, 0.717) is 13.0 Å². The quantitative estimate of drug-likeness (QED) is 0.835. The monoisotopic (exact) mass is 285 g/mol. The lowest BCUT2D eigenvalue weighted by Gasteiger charge is -2.09. The summed E-state index contributed by atoms with van der Waals surface area (Å²) in [5, 5.41) is 15.2. The van der Waals surface area contributed by atoms with Crippen molar-refractivity contribution < 1.29 is 9.53 Å². The molecule has 1 aromatic heterocycles. The minimum Gasteiger partial charge on any atom is -0.496 e. The number of nitrogens with one attached hydrogen (secondary N) is 1. The Hall–Kier alpha value is -2.88. The number of hydrogen-bond donors (Lipinski definition) is 1. The van der Waals surface area contributed by atoms with Gasteiger partial charge in [-0.15, -0.1) is 5.10 Å². The lowest BCUT2D eigenvalue weighted by molar-refractivity contribution is -0.121. The largest absolute Gasteiger partial charge is 0.496 e. The van der Waals surface area contributed by atoms with Crippen LogP contribution in [-0.4, -0.2) is 34.3 Å². The first-order valence-corrected chi connectivity index (χ1v) is 6.41. The molecule has 0 saturated heterocycles. The van der Waals surface area contributed by atoms with Crippen molar-refractivity contribution in [3.63, 3.8) is 0 Å². The van der Waals surface area contributed by atoms with Crippen molar-refractivity contribution in [3.05, 3.63) is 42.0 Å². The molecule has 2 aromatic rings. The Morgan fingerprint density at radius 1 is 1.48 bits per heavy atom. The van der Waals surface area contributed by atoms with E-state index in [1.54, 1.807) is 7.11 Å². The third-order valence-corrected chi connectivity index (χ3v) is 2.85. The zero-order valence-electron chi connectivity index (χ0n) is 11.6. The normalized spacial score (nSPS) is 9.90. The fraction of sp³-hybridized carbons (Fsp3) is 0.286. The number of carbonyl (C=O) groups is 1. The number of ether oxygens (including phenoxy) is 1. The van der Waals surface area contributed by atoms with E-state index in [0.717, 1.165) is 11.3 Å². The van der Waals surface area contributed by atoms with Crippen LogP contribution in [0, 0.1) is 11.3 Å². The molecule has 0 bridgehead atoms. The fourth-order valence-corrected chi connectivity index (χ4v) is 1.87. The van der Waals surface area contributed by atoms with E-state index in [1.807, 2.05) is 30.3 Å². The first kappa shape index (κ1) is 14.5. The van der Waals surface area contributed by atoms with E-state index >= 15 is 0 Å². The first-order chi connectivity index (χ1) is 10.2. The number of carbonyl (C=O) groups excluding carboxylic acids is 1. The number of aromatic nitrogens is 3. The fourth-order valence-electron chi connectivity index (χ4n) is 1.87. The van der Waals surface area contributed by atoms with E-state index in [2.05, 4.69) is 15.4 Å². The summed E-state index contributed by atoms with van der Waals surface area (Å²) in [5.41, 5.74) is 1.04. The van der Waals surface area contributed by atoms with Crippen LogP contribution >= 0.6 is 0 Å². The number of para-hydroxylation sites is 1. The molecule has 1 aromatic carbocycles. The molecule has 0 aliphatic carbocycles. The van der Waals surface area contributed by atoms with Crippen molar-refractivity contribution in [1.29, 1.82) is 5.26 Å². The zero-order chi connectivity index (χ0) is 15.1. The summed E-state index contributed by atoms with van der Waals surface area (Å²) in [6.07, 6.45) is 2.04. The molecular formula is C14H15N5O2. The van der Waals surface area contributed by atoms with Crippen molar-refractivity contribution >= 4 is 5.91 Å². The Labute approximate surface area is 122 Å². The summed E-state index contributed by atoms with van der Waals surface area (Å²) in [6, 6.07) is 9.48. The van der Waals surface area contributed by atoms with Crippen molar-refractivity contribution in [1.82, 2.24) is 20.1 Å². The zero-order valence-corrected chi connectivity index (χ0v) is 11.6. The molecule has 0 radical (unpaired) electrons. The van der Waals surface area contributed by atoms with E-state index in [4.69, 9.17) is 10.00 Å². The van der Waals surface area contributed by atoms with E-state index in [-0.39, 0.29) is 18.3 Å². The van der Waals surface area contributed by atoms with Gasteiger partial charge in [0, 0.05) is 6.54 Å². The van der Waals surface area contributed by atoms with Gasteiger partial charge in [0.15, 0.2) is 0 Å². The van der Waals surface area contributed by atoms with Crippen molar-refractivity contribution in [2.45, 2.75) is 13.0 Å². The highest BCUT2D eigenvalue weighted by molar-refractivity contribution is 5.75. The molecule has 108 valence electrons. The number of amides is 1. The Morgan fingerprint density at radius 2 is 2.29 bits per heavy atom. The van der Waals surface area contributed by atoms with Gasteiger partial charge >= 0.3 is 0 Å². The molecule has 0 fully saturated rings. The molecule has 7 heteroatoms. The molecule has 0 saturated carbocycles. The summed E-state index contributed by atoms with van der Waals surface area (Å²) >= 11 is 0. The average molecular weight is 285 g/mol. The van der Waals surface area contributed by atoms with Crippen LogP contribution in [0.1, 0.15) is 11.4 Å².